The van der Waals surface area contributed by atoms with Crippen LogP contribution in [0.4, 0.5) is 0 Å². The Bertz CT molecular complexity index is 318. The number of hydrogen-bond donors (Lipinski definition) is 1. The molecule has 0 heterocycles. The molecule has 1 rings (SSSR count). The molecule has 0 spiro atoms. The molecule has 0 unspecified atom stereocenters. The van der Waals surface area contributed by atoms with Gasteiger partial charge in [-0.15, -0.1) is 0 Å². The van der Waals surface area contributed by atoms with Crippen LogP contribution in [-0.2, 0) is 6.42 Å². The lowest BCUT2D eigenvalue weighted by molar-refractivity contribution is 0.414. The summed E-state index contributed by atoms with van der Waals surface area (Å²) in [5.74, 6) is 0.699. The summed E-state index contributed by atoms with van der Waals surface area (Å²) in [5, 5.41) is 0.634. The van der Waals surface area contributed by atoms with E-state index in [0.29, 0.717) is 10.8 Å². The van der Waals surface area contributed by atoms with Gasteiger partial charge in [-0.25, -0.2) is 0 Å². The van der Waals surface area contributed by atoms with Gasteiger partial charge in [0, 0.05) is 5.54 Å². The van der Waals surface area contributed by atoms with Gasteiger partial charge in [-0.2, -0.15) is 0 Å². The normalized spacial score (nSPS) is 11.5. The van der Waals surface area contributed by atoms with Gasteiger partial charge in [-0.1, -0.05) is 17.7 Å². The van der Waals surface area contributed by atoms with E-state index in [-0.39, 0.29) is 5.54 Å². The van der Waals surface area contributed by atoms with Gasteiger partial charge in [0.15, 0.2) is 0 Å². The molecule has 0 saturated carbocycles. The van der Waals surface area contributed by atoms with E-state index < -0.39 is 0 Å². The van der Waals surface area contributed by atoms with Crippen LogP contribution >= 0.6 is 11.6 Å². The fourth-order valence-corrected chi connectivity index (χ4v) is 1.63. The molecule has 0 aliphatic carbocycles. The molecule has 3 heteroatoms. The van der Waals surface area contributed by atoms with Crippen LogP contribution in [0.25, 0.3) is 0 Å². The molecule has 0 fully saturated rings. The molecule has 0 saturated heterocycles. The topological polar surface area (TPSA) is 35.2 Å². The molecule has 14 heavy (non-hydrogen) atoms. The molecule has 0 atom stereocenters. The van der Waals surface area contributed by atoms with E-state index in [0.717, 1.165) is 12.0 Å². The van der Waals surface area contributed by atoms with Gasteiger partial charge in [-0.3, -0.25) is 0 Å². The maximum absolute atomic E-state index is 5.99. The van der Waals surface area contributed by atoms with Gasteiger partial charge in [0.05, 0.1) is 12.1 Å². The third-order valence-electron chi connectivity index (χ3n) is 1.88. The quantitative estimate of drug-likeness (QED) is 0.838. The molecule has 0 bridgehead atoms. The Hall–Kier alpha value is -0.730. The minimum atomic E-state index is -0.210. The maximum atomic E-state index is 5.99. The smallest absolute Gasteiger partial charge is 0.137 e. The van der Waals surface area contributed by atoms with Gasteiger partial charge < -0.3 is 10.5 Å². The number of hydrogen-bond acceptors (Lipinski definition) is 2. The lowest BCUT2D eigenvalue weighted by atomic mass is 9.96. The molecular formula is C11H16ClNO. The average Bonchev–Trinajstić information content (AvgIpc) is 2.01. The first-order valence-electron chi connectivity index (χ1n) is 4.54. The zero-order chi connectivity index (χ0) is 10.8. The summed E-state index contributed by atoms with van der Waals surface area (Å²) in [6.07, 6.45) is 0.802. The summed E-state index contributed by atoms with van der Waals surface area (Å²) in [4.78, 5) is 0. The summed E-state index contributed by atoms with van der Waals surface area (Å²) in [7, 11) is 1.60. The lowest BCUT2D eigenvalue weighted by Gasteiger charge is -2.18. The van der Waals surface area contributed by atoms with E-state index in [1.807, 2.05) is 32.0 Å². The highest BCUT2D eigenvalue weighted by Crippen LogP contribution is 2.26. The summed E-state index contributed by atoms with van der Waals surface area (Å²) in [6, 6.07) is 5.75. The monoisotopic (exact) mass is 213 g/mol. The molecule has 0 amide bonds. The Kier molecular flexibility index (Phi) is 3.40. The molecule has 0 aliphatic rings. The van der Waals surface area contributed by atoms with E-state index in [9.17, 15) is 0 Å². The zero-order valence-corrected chi connectivity index (χ0v) is 9.56. The number of methoxy groups -OCH3 is 1. The molecule has 0 aromatic heterocycles. The Labute approximate surface area is 90.0 Å². The van der Waals surface area contributed by atoms with Crippen molar-refractivity contribution >= 4 is 11.6 Å². The van der Waals surface area contributed by atoms with Crippen molar-refractivity contribution in [2.45, 2.75) is 25.8 Å². The summed E-state index contributed by atoms with van der Waals surface area (Å²) in [6.45, 7) is 3.98. The van der Waals surface area contributed by atoms with Crippen molar-refractivity contribution in [1.82, 2.24) is 0 Å². The second-order valence-electron chi connectivity index (χ2n) is 4.13. The summed E-state index contributed by atoms with van der Waals surface area (Å²) >= 11 is 5.99. The highest BCUT2D eigenvalue weighted by Gasteiger charge is 2.12. The fraction of sp³-hybridized carbons (Fsp3) is 0.455. The standard InChI is InChI=1S/C11H16ClNO/c1-11(2,13)7-8-4-5-10(14-3)9(12)6-8/h4-6H,7,13H2,1-3H3. The number of ether oxygens (including phenoxy) is 1. The average molecular weight is 214 g/mol. The van der Waals surface area contributed by atoms with Crippen molar-refractivity contribution in [3.8, 4) is 5.75 Å². The first-order valence-corrected chi connectivity index (χ1v) is 4.91. The van der Waals surface area contributed by atoms with E-state index in [4.69, 9.17) is 22.1 Å². The number of halogens is 1. The number of benzene rings is 1. The maximum Gasteiger partial charge on any atom is 0.137 e. The van der Waals surface area contributed by atoms with Crippen molar-refractivity contribution in [2.75, 3.05) is 7.11 Å². The van der Waals surface area contributed by atoms with E-state index in [1.54, 1.807) is 7.11 Å². The Morgan fingerprint density at radius 3 is 2.50 bits per heavy atom. The van der Waals surface area contributed by atoms with Gasteiger partial charge in [0.1, 0.15) is 5.75 Å². The van der Waals surface area contributed by atoms with E-state index in [1.165, 1.54) is 0 Å². The molecule has 0 aliphatic heterocycles. The molecule has 2 nitrogen and oxygen atoms in total. The van der Waals surface area contributed by atoms with Gasteiger partial charge in [0.2, 0.25) is 0 Å². The van der Waals surface area contributed by atoms with Crippen LogP contribution in [-0.4, -0.2) is 12.6 Å². The SMILES string of the molecule is COc1ccc(CC(C)(C)N)cc1Cl. The van der Waals surface area contributed by atoms with E-state index >= 15 is 0 Å². The molecule has 1 aromatic carbocycles. The number of nitrogens with two attached hydrogens (primary N) is 1. The Morgan fingerprint density at radius 1 is 1.43 bits per heavy atom. The molecule has 0 radical (unpaired) electrons. The Morgan fingerprint density at radius 2 is 2.07 bits per heavy atom. The lowest BCUT2D eigenvalue weighted by Crippen LogP contribution is -2.34. The van der Waals surface area contributed by atoms with Crippen LogP contribution < -0.4 is 10.5 Å². The predicted molar refractivity (Wildman–Crippen MR) is 60.0 cm³/mol. The molecule has 2 N–H and O–H groups in total. The van der Waals surface area contributed by atoms with Gasteiger partial charge in [-0.05, 0) is 38.0 Å². The predicted octanol–water partition coefficient (Wildman–Crippen LogP) is 2.63. The first-order chi connectivity index (χ1) is 6.42. The fourth-order valence-electron chi connectivity index (χ4n) is 1.35. The van der Waals surface area contributed by atoms with Crippen molar-refractivity contribution in [3.63, 3.8) is 0 Å². The zero-order valence-electron chi connectivity index (χ0n) is 8.80. The van der Waals surface area contributed by atoms with Crippen molar-refractivity contribution in [3.05, 3.63) is 28.8 Å². The minimum absolute atomic E-state index is 0.210. The minimum Gasteiger partial charge on any atom is -0.495 e. The third kappa shape index (κ3) is 3.20. The van der Waals surface area contributed by atoms with Crippen LogP contribution in [0, 0.1) is 0 Å². The second kappa shape index (κ2) is 4.20. The summed E-state index contributed by atoms with van der Waals surface area (Å²) < 4.78 is 5.07. The first kappa shape index (κ1) is 11.3. The third-order valence-corrected chi connectivity index (χ3v) is 2.17. The van der Waals surface area contributed by atoms with E-state index in [2.05, 4.69) is 0 Å². The highest BCUT2D eigenvalue weighted by molar-refractivity contribution is 6.32. The van der Waals surface area contributed by atoms with Crippen molar-refractivity contribution in [1.29, 1.82) is 0 Å². The van der Waals surface area contributed by atoms with Gasteiger partial charge >= 0.3 is 0 Å². The number of rotatable bonds is 3. The molecule has 78 valence electrons. The van der Waals surface area contributed by atoms with Crippen molar-refractivity contribution < 1.29 is 4.74 Å². The second-order valence-corrected chi connectivity index (χ2v) is 4.54. The Balaban J connectivity index is 2.87. The summed E-state index contributed by atoms with van der Waals surface area (Å²) in [5.41, 5.74) is 6.83. The molecule has 1 aromatic rings. The van der Waals surface area contributed by atoms with Gasteiger partial charge in [0.25, 0.3) is 0 Å². The van der Waals surface area contributed by atoms with Crippen LogP contribution in [0.1, 0.15) is 19.4 Å². The van der Waals surface area contributed by atoms with Crippen LogP contribution in [0.15, 0.2) is 18.2 Å². The van der Waals surface area contributed by atoms with Crippen molar-refractivity contribution in [2.24, 2.45) is 5.73 Å². The highest BCUT2D eigenvalue weighted by atomic mass is 35.5. The van der Waals surface area contributed by atoms with Crippen LogP contribution in [0.2, 0.25) is 5.02 Å². The molecular weight excluding hydrogens is 198 g/mol. The largest absolute Gasteiger partial charge is 0.495 e. The van der Waals surface area contributed by atoms with Crippen LogP contribution in [0.5, 0.6) is 5.75 Å². The van der Waals surface area contributed by atoms with Crippen LogP contribution in [0.3, 0.4) is 0 Å².